The third-order valence-electron chi connectivity index (χ3n) is 2.35. The van der Waals surface area contributed by atoms with Gasteiger partial charge in [-0.25, -0.2) is 4.98 Å². The Labute approximate surface area is 113 Å². The summed E-state index contributed by atoms with van der Waals surface area (Å²) in [5, 5.41) is 11.7. The van der Waals surface area contributed by atoms with Crippen molar-refractivity contribution < 1.29 is 14.6 Å². The van der Waals surface area contributed by atoms with E-state index in [1.807, 2.05) is 27.7 Å². The number of carboxylic acids is 1. The smallest absolute Gasteiger partial charge is 0.303 e. The zero-order valence-electron chi connectivity index (χ0n) is 11.8. The lowest BCUT2D eigenvalue weighted by molar-refractivity contribution is -0.137. The van der Waals surface area contributed by atoms with E-state index in [1.165, 1.54) is 0 Å². The Hall–Kier alpha value is -1.85. The van der Waals surface area contributed by atoms with Crippen molar-refractivity contribution in [3.05, 3.63) is 11.8 Å². The third-order valence-corrected chi connectivity index (χ3v) is 2.35. The van der Waals surface area contributed by atoms with Crippen molar-refractivity contribution >= 4 is 11.9 Å². The Balaban J connectivity index is 2.66. The zero-order chi connectivity index (χ0) is 14.4. The molecule has 6 heteroatoms. The molecule has 0 radical (unpaired) electrons. The number of nitrogens with zero attached hydrogens (tertiary/aromatic N) is 2. The fraction of sp³-hybridized carbons (Fsp3) is 0.615. The number of rotatable bonds is 7. The normalized spacial score (nSPS) is 12.3. The van der Waals surface area contributed by atoms with Crippen molar-refractivity contribution in [1.82, 2.24) is 9.97 Å². The number of aryl methyl sites for hydroxylation is 1. The van der Waals surface area contributed by atoms with E-state index in [4.69, 9.17) is 9.84 Å². The predicted molar refractivity (Wildman–Crippen MR) is 72.5 cm³/mol. The molecule has 1 aromatic heterocycles. The van der Waals surface area contributed by atoms with Gasteiger partial charge >= 0.3 is 5.97 Å². The lowest BCUT2D eigenvalue weighted by Gasteiger charge is -2.15. The van der Waals surface area contributed by atoms with Crippen LogP contribution in [0.25, 0.3) is 0 Å². The van der Waals surface area contributed by atoms with E-state index in [2.05, 4.69) is 15.3 Å². The Kier molecular flexibility index (Phi) is 5.54. The highest BCUT2D eigenvalue weighted by Crippen LogP contribution is 2.14. The second-order valence-electron chi connectivity index (χ2n) is 4.82. The lowest BCUT2D eigenvalue weighted by Crippen LogP contribution is -2.19. The van der Waals surface area contributed by atoms with Crippen molar-refractivity contribution in [2.75, 3.05) is 5.32 Å². The van der Waals surface area contributed by atoms with E-state index in [9.17, 15) is 4.79 Å². The SMILES string of the molecule is Cc1cc(OC(C)C)nc(NC(C)CCC(=O)O)n1. The van der Waals surface area contributed by atoms with Crippen molar-refractivity contribution in [1.29, 1.82) is 0 Å². The molecule has 1 unspecified atom stereocenters. The summed E-state index contributed by atoms with van der Waals surface area (Å²) in [6.45, 7) is 7.62. The monoisotopic (exact) mass is 267 g/mol. The van der Waals surface area contributed by atoms with E-state index in [0.717, 1.165) is 5.69 Å². The maximum Gasteiger partial charge on any atom is 0.303 e. The molecule has 0 spiro atoms. The summed E-state index contributed by atoms with van der Waals surface area (Å²) in [5.41, 5.74) is 0.804. The molecule has 0 saturated heterocycles. The van der Waals surface area contributed by atoms with Crippen molar-refractivity contribution in [3.8, 4) is 5.88 Å². The van der Waals surface area contributed by atoms with Gasteiger partial charge in [0.25, 0.3) is 0 Å². The topological polar surface area (TPSA) is 84.3 Å². The minimum Gasteiger partial charge on any atom is -0.481 e. The molecule has 0 amide bonds. The molecule has 1 rings (SSSR count). The Bertz CT molecular complexity index is 435. The first-order chi connectivity index (χ1) is 8.86. The van der Waals surface area contributed by atoms with Gasteiger partial charge in [0.2, 0.25) is 11.8 Å². The fourth-order valence-corrected chi connectivity index (χ4v) is 1.54. The largest absolute Gasteiger partial charge is 0.481 e. The molecule has 2 N–H and O–H groups in total. The molecule has 0 aliphatic carbocycles. The molecule has 0 aliphatic rings. The van der Waals surface area contributed by atoms with Gasteiger partial charge in [-0.2, -0.15) is 4.98 Å². The molecular weight excluding hydrogens is 246 g/mol. The van der Waals surface area contributed by atoms with Crippen LogP contribution >= 0.6 is 0 Å². The van der Waals surface area contributed by atoms with Gasteiger partial charge in [-0.3, -0.25) is 4.79 Å². The molecule has 1 aromatic rings. The third kappa shape index (κ3) is 6.03. The molecule has 19 heavy (non-hydrogen) atoms. The standard InChI is InChI=1S/C13H21N3O3/c1-8(2)19-11-7-10(4)15-13(16-11)14-9(3)5-6-12(17)18/h7-9H,5-6H2,1-4H3,(H,17,18)(H,14,15,16). The number of nitrogens with one attached hydrogen (secondary N) is 1. The molecule has 0 aliphatic heterocycles. The van der Waals surface area contributed by atoms with Crippen LogP contribution in [-0.4, -0.2) is 33.2 Å². The van der Waals surface area contributed by atoms with Crippen LogP contribution in [0.4, 0.5) is 5.95 Å². The number of carbonyl (C=O) groups is 1. The average Bonchev–Trinajstić information content (AvgIpc) is 2.24. The van der Waals surface area contributed by atoms with Crippen molar-refractivity contribution in [2.45, 2.75) is 52.7 Å². The van der Waals surface area contributed by atoms with Crippen LogP contribution < -0.4 is 10.1 Å². The van der Waals surface area contributed by atoms with Gasteiger partial charge in [0, 0.05) is 24.2 Å². The van der Waals surface area contributed by atoms with Crippen LogP contribution in [0.2, 0.25) is 0 Å². The number of aromatic nitrogens is 2. The Morgan fingerprint density at radius 1 is 1.42 bits per heavy atom. The number of aliphatic carboxylic acids is 1. The summed E-state index contributed by atoms with van der Waals surface area (Å²) < 4.78 is 5.53. The van der Waals surface area contributed by atoms with E-state index >= 15 is 0 Å². The molecular formula is C13H21N3O3. The molecule has 1 atom stereocenters. The summed E-state index contributed by atoms with van der Waals surface area (Å²) >= 11 is 0. The van der Waals surface area contributed by atoms with Gasteiger partial charge in [-0.05, 0) is 34.1 Å². The lowest BCUT2D eigenvalue weighted by atomic mass is 10.2. The van der Waals surface area contributed by atoms with Crippen molar-refractivity contribution in [3.63, 3.8) is 0 Å². The number of hydrogen-bond acceptors (Lipinski definition) is 5. The molecule has 0 saturated carbocycles. The summed E-state index contributed by atoms with van der Waals surface area (Å²) in [4.78, 5) is 19.0. The molecule has 0 fully saturated rings. The van der Waals surface area contributed by atoms with Crippen LogP contribution in [0, 0.1) is 6.92 Å². The minimum absolute atomic E-state index is 0.00944. The predicted octanol–water partition coefficient (Wildman–Crippen LogP) is 2.24. The highest BCUT2D eigenvalue weighted by molar-refractivity contribution is 5.66. The summed E-state index contributed by atoms with van der Waals surface area (Å²) in [5.74, 6) is 0.187. The first-order valence-electron chi connectivity index (χ1n) is 6.37. The van der Waals surface area contributed by atoms with E-state index in [1.54, 1.807) is 6.07 Å². The van der Waals surface area contributed by atoms with Crippen LogP contribution in [0.1, 0.15) is 39.3 Å². The van der Waals surface area contributed by atoms with E-state index < -0.39 is 5.97 Å². The highest BCUT2D eigenvalue weighted by atomic mass is 16.5. The van der Waals surface area contributed by atoms with Crippen LogP contribution in [0.5, 0.6) is 5.88 Å². The van der Waals surface area contributed by atoms with Crippen LogP contribution in [-0.2, 0) is 4.79 Å². The molecule has 6 nitrogen and oxygen atoms in total. The number of anilines is 1. The number of ether oxygens (including phenoxy) is 1. The highest BCUT2D eigenvalue weighted by Gasteiger charge is 2.09. The van der Waals surface area contributed by atoms with Gasteiger partial charge in [-0.1, -0.05) is 0 Å². The quantitative estimate of drug-likeness (QED) is 0.788. The summed E-state index contributed by atoms with van der Waals surface area (Å²) in [6, 6.07) is 1.76. The molecule has 0 bridgehead atoms. The van der Waals surface area contributed by atoms with Gasteiger partial charge in [-0.15, -0.1) is 0 Å². The van der Waals surface area contributed by atoms with E-state index in [-0.39, 0.29) is 18.6 Å². The maximum absolute atomic E-state index is 10.5. The van der Waals surface area contributed by atoms with Gasteiger partial charge < -0.3 is 15.2 Å². The second-order valence-corrected chi connectivity index (χ2v) is 4.82. The first kappa shape index (κ1) is 15.2. The summed E-state index contributed by atoms with van der Waals surface area (Å²) in [6.07, 6.45) is 0.689. The fourth-order valence-electron chi connectivity index (χ4n) is 1.54. The molecule has 106 valence electrons. The number of hydrogen-bond donors (Lipinski definition) is 2. The van der Waals surface area contributed by atoms with Gasteiger partial charge in [0.05, 0.1) is 6.10 Å². The van der Waals surface area contributed by atoms with E-state index in [0.29, 0.717) is 18.2 Å². The van der Waals surface area contributed by atoms with Crippen molar-refractivity contribution in [2.24, 2.45) is 0 Å². The zero-order valence-corrected chi connectivity index (χ0v) is 11.8. The maximum atomic E-state index is 10.5. The van der Waals surface area contributed by atoms with Gasteiger partial charge in [0.15, 0.2) is 0 Å². The Morgan fingerprint density at radius 2 is 2.11 bits per heavy atom. The minimum atomic E-state index is -0.803. The van der Waals surface area contributed by atoms with Gasteiger partial charge in [0.1, 0.15) is 0 Å². The van der Waals surface area contributed by atoms with Crippen LogP contribution in [0.15, 0.2) is 6.07 Å². The number of carboxylic acid groups (broad SMARTS) is 1. The average molecular weight is 267 g/mol. The first-order valence-corrected chi connectivity index (χ1v) is 6.37. The second kappa shape index (κ2) is 6.92. The summed E-state index contributed by atoms with van der Waals surface area (Å²) in [7, 11) is 0. The molecule has 1 heterocycles. The Morgan fingerprint density at radius 3 is 2.68 bits per heavy atom. The van der Waals surface area contributed by atoms with Crippen LogP contribution in [0.3, 0.4) is 0 Å². The molecule has 0 aromatic carbocycles.